The van der Waals surface area contributed by atoms with Gasteiger partial charge < -0.3 is 14.7 Å². The highest BCUT2D eigenvalue weighted by Crippen LogP contribution is 2.15. The van der Waals surface area contributed by atoms with Gasteiger partial charge in [-0.15, -0.1) is 0 Å². The Morgan fingerprint density at radius 3 is 2.68 bits per heavy atom. The van der Waals surface area contributed by atoms with Crippen LogP contribution >= 0.6 is 0 Å². The molecule has 1 amide bonds. The van der Waals surface area contributed by atoms with Gasteiger partial charge in [-0.05, 0) is 5.56 Å². The number of ether oxygens (including phenoxy) is 1. The highest BCUT2D eigenvalue weighted by Gasteiger charge is 2.25. The fraction of sp³-hybridized carbons (Fsp3) is 0.417. The van der Waals surface area contributed by atoms with E-state index in [4.69, 9.17) is 9.84 Å². The summed E-state index contributed by atoms with van der Waals surface area (Å²) in [6.45, 7) is 0.505. The number of morpholine rings is 1. The summed E-state index contributed by atoms with van der Waals surface area (Å²) >= 11 is 0. The second kappa shape index (κ2) is 5.77. The third kappa shape index (κ3) is 3.27. The number of hydrogen-bond acceptors (Lipinski definition) is 5. The fourth-order valence-corrected chi connectivity index (χ4v) is 1.89. The predicted octanol–water partition coefficient (Wildman–Crippen LogP) is 0.314. The van der Waals surface area contributed by atoms with Crippen LogP contribution in [0.2, 0.25) is 0 Å². The third-order valence-corrected chi connectivity index (χ3v) is 2.94. The molecule has 1 aromatic rings. The van der Waals surface area contributed by atoms with Crippen LogP contribution in [0.5, 0.6) is 0 Å². The zero-order valence-corrected chi connectivity index (χ0v) is 10.2. The van der Waals surface area contributed by atoms with Gasteiger partial charge in [0.25, 0.3) is 5.69 Å². The number of hydrogen-bond donors (Lipinski definition) is 1. The molecule has 0 spiro atoms. The van der Waals surface area contributed by atoms with Crippen LogP contribution in [0.3, 0.4) is 0 Å². The van der Waals surface area contributed by atoms with Crippen molar-refractivity contribution in [3.8, 4) is 0 Å². The minimum absolute atomic E-state index is 0.0188. The summed E-state index contributed by atoms with van der Waals surface area (Å²) in [5.41, 5.74) is 0.822. The van der Waals surface area contributed by atoms with Gasteiger partial charge in [0.2, 0.25) is 5.91 Å². The summed E-state index contributed by atoms with van der Waals surface area (Å²) in [6, 6.07) is 6.05. The van der Waals surface area contributed by atoms with Gasteiger partial charge in [-0.3, -0.25) is 14.9 Å². The van der Waals surface area contributed by atoms with E-state index in [1.54, 1.807) is 17.0 Å². The molecule has 0 bridgehead atoms. The maximum absolute atomic E-state index is 11.6. The lowest BCUT2D eigenvalue weighted by molar-refractivity contribution is -0.384. The molecule has 1 fully saturated rings. The van der Waals surface area contributed by atoms with E-state index in [0.717, 1.165) is 5.56 Å². The molecule has 1 aromatic carbocycles. The molecule has 1 aliphatic rings. The first-order valence-corrected chi connectivity index (χ1v) is 5.83. The van der Waals surface area contributed by atoms with Gasteiger partial charge >= 0.3 is 0 Å². The number of carbonyl (C=O) groups excluding carboxylic acids is 1. The molecule has 1 atom stereocenters. The molecule has 1 aliphatic heterocycles. The lowest BCUT2D eigenvalue weighted by atomic mass is 10.1. The van der Waals surface area contributed by atoms with Gasteiger partial charge in [-0.25, -0.2) is 0 Å². The van der Waals surface area contributed by atoms with Crippen LogP contribution in [0.15, 0.2) is 24.3 Å². The molecular formula is C12H14N2O5. The quantitative estimate of drug-likeness (QED) is 0.625. The summed E-state index contributed by atoms with van der Waals surface area (Å²) in [4.78, 5) is 23.3. The van der Waals surface area contributed by atoms with Crippen molar-refractivity contribution in [2.45, 2.75) is 12.6 Å². The molecule has 1 heterocycles. The molecule has 102 valence electrons. The minimum atomic E-state index is -0.467. The fourth-order valence-electron chi connectivity index (χ4n) is 1.89. The lowest BCUT2D eigenvalue weighted by Gasteiger charge is -2.31. The van der Waals surface area contributed by atoms with E-state index in [0.29, 0.717) is 13.1 Å². The van der Waals surface area contributed by atoms with Crippen LogP contribution in [0.4, 0.5) is 5.69 Å². The van der Waals surface area contributed by atoms with Gasteiger partial charge in [-0.2, -0.15) is 0 Å². The van der Waals surface area contributed by atoms with E-state index in [1.165, 1.54) is 12.1 Å². The number of carbonyl (C=O) groups is 1. The van der Waals surface area contributed by atoms with E-state index < -0.39 is 4.92 Å². The SMILES string of the molecule is O=C1COC(CO)CN1Cc1ccc([N+](=O)[O-])cc1. The molecule has 19 heavy (non-hydrogen) atoms. The summed E-state index contributed by atoms with van der Waals surface area (Å²) in [5, 5.41) is 19.6. The van der Waals surface area contributed by atoms with E-state index >= 15 is 0 Å². The smallest absolute Gasteiger partial charge is 0.269 e. The number of non-ortho nitro benzene ring substituents is 1. The summed E-state index contributed by atoms with van der Waals surface area (Å²) < 4.78 is 5.13. The first-order chi connectivity index (χ1) is 9.10. The summed E-state index contributed by atoms with van der Waals surface area (Å²) in [5.74, 6) is -0.150. The zero-order chi connectivity index (χ0) is 13.8. The number of aliphatic hydroxyl groups is 1. The topological polar surface area (TPSA) is 92.9 Å². The molecule has 0 radical (unpaired) electrons. The molecule has 1 saturated heterocycles. The molecular weight excluding hydrogens is 252 g/mol. The first kappa shape index (κ1) is 13.4. The Kier molecular flexibility index (Phi) is 4.08. The van der Waals surface area contributed by atoms with E-state index in [9.17, 15) is 14.9 Å². The number of nitrogens with zero attached hydrogens (tertiary/aromatic N) is 2. The molecule has 1 unspecified atom stereocenters. The first-order valence-electron chi connectivity index (χ1n) is 5.83. The maximum Gasteiger partial charge on any atom is 0.269 e. The van der Waals surface area contributed by atoms with Crippen molar-refractivity contribution < 1.29 is 19.6 Å². The van der Waals surface area contributed by atoms with E-state index in [1.807, 2.05) is 0 Å². The Labute approximate surface area is 109 Å². The number of aliphatic hydroxyl groups excluding tert-OH is 1. The molecule has 1 N–H and O–H groups in total. The van der Waals surface area contributed by atoms with Crippen molar-refractivity contribution >= 4 is 11.6 Å². The normalized spacial score (nSPS) is 19.5. The second-order valence-electron chi connectivity index (χ2n) is 4.31. The van der Waals surface area contributed by atoms with Crippen LogP contribution in [0.25, 0.3) is 0 Å². The molecule has 7 nitrogen and oxygen atoms in total. The number of nitro groups is 1. The Morgan fingerprint density at radius 1 is 1.42 bits per heavy atom. The van der Waals surface area contributed by atoms with Gasteiger partial charge in [0.1, 0.15) is 6.61 Å². The Morgan fingerprint density at radius 2 is 2.11 bits per heavy atom. The zero-order valence-electron chi connectivity index (χ0n) is 10.2. The molecule has 0 aliphatic carbocycles. The third-order valence-electron chi connectivity index (χ3n) is 2.94. The highest BCUT2D eigenvalue weighted by molar-refractivity contribution is 5.78. The number of nitro benzene ring substituents is 1. The van der Waals surface area contributed by atoms with Crippen molar-refractivity contribution in [2.24, 2.45) is 0 Å². The van der Waals surface area contributed by atoms with Crippen molar-refractivity contribution in [3.05, 3.63) is 39.9 Å². The summed E-state index contributed by atoms with van der Waals surface area (Å²) in [6.07, 6.45) is -0.365. The van der Waals surface area contributed by atoms with Crippen LogP contribution < -0.4 is 0 Å². The van der Waals surface area contributed by atoms with Gasteiger partial charge in [0.05, 0.1) is 17.6 Å². The molecule has 0 saturated carbocycles. The average Bonchev–Trinajstić information content (AvgIpc) is 2.42. The van der Waals surface area contributed by atoms with Crippen LogP contribution in [-0.4, -0.2) is 46.7 Å². The van der Waals surface area contributed by atoms with Crippen molar-refractivity contribution in [3.63, 3.8) is 0 Å². The highest BCUT2D eigenvalue weighted by atomic mass is 16.6. The minimum Gasteiger partial charge on any atom is -0.394 e. The number of amides is 1. The lowest BCUT2D eigenvalue weighted by Crippen LogP contribution is -2.47. The largest absolute Gasteiger partial charge is 0.394 e. The van der Waals surface area contributed by atoms with E-state index in [-0.39, 0.29) is 30.9 Å². The number of rotatable bonds is 4. The number of benzene rings is 1. The molecule has 2 rings (SSSR count). The maximum atomic E-state index is 11.6. The van der Waals surface area contributed by atoms with Crippen LogP contribution in [0.1, 0.15) is 5.56 Å². The Bertz CT molecular complexity index is 474. The van der Waals surface area contributed by atoms with Gasteiger partial charge in [-0.1, -0.05) is 12.1 Å². The standard InChI is InChI=1S/C12H14N2O5/c15-7-11-6-13(12(16)8-19-11)5-9-1-3-10(4-2-9)14(17)18/h1-4,11,15H,5-8H2. The molecule has 0 aromatic heterocycles. The van der Waals surface area contributed by atoms with Crippen LogP contribution in [0, 0.1) is 10.1 Å². The Balaban J connectivity index is 2.03. The average molecular weight is 266 g/mol. The Hall–Kier alpha value is -1.99. The van der Waals surface area contributed by atoms with Gasteiger partial charge in [0.15, 0.2) is 0 Å². The summed E-state index contributed by atoms with van der Waals surface area (Å²) in [7, 11) is 0. The second-order valence-corrected chi connectivity index (χ2v) is 4.31. The van der Waals surface area contributed by atoms with Gasteiger partial charge in [0, 0.05) is 25.2 Å². The predicted molar refractivity (Wildman–Crippen MR) is 65.3 cm³/mol. The van der Waals surface area contributed by atoms with E-state index in [2.05, 4.69) is 0 Å². The van der Waals surface area contributed by atoms with Crippen molar-refractivity contribution in [1.29, 1.82) is 0 Å². The molecule has 7 heteroatoms. The monoisotopic (exact) mass is 266 g/mol. The van der Waals surface area contributed by atoms with Crippen LogP contribution in [-0.2, 0) is 16.1 Å². The van der Waals surface area contributed by atoms with Crippen molar-refractivity contribution in [1.82, 2.24) is 4.90 Å². The van der Waals surface area contributed by atoms with Crippen molar-refractivity contribution in [2.75, 3.05) is 19.8 Å².